The van der Waals surface area contributed by atoms with Gasteiger partial charge in [0.2, 0.25) is 5.91 Å². The molecule has 0 bridgehead atoms. The number of hydrogen-bond donors (Lipinski definition) is 2. The normalized spacial score (nSPS) is 17.1. The fraction of sp³-hybridized carbons (Fsp3) is 0.150. The predicted octanol–water partition coefficient (Wildman–Crippen LogP) is 2.63. The molecule has 31 heavy (non-hydrogen) atoms. The first-order chi connectivity index (χ1) is 14.6. The fourth-order valence-electron chi connectivity index (χ4n) is 2.73. The molecule has 0 spiro atoms. The second kappa shape index (κ2) is 8.38. The molecule has 2 aromatic carbocycles. The standard InChI is InChI=1S/C20H15F3N4O4/c1-11-5-7-12(8-6-11)16(28)26-24-10-15-17(29)25-19(31)27(18(15)30)14-4-2-3-13(9-14)20(21,22)23/h2-10,15H,1H3,(H,26,28)(H,25,29,31)/b24-10-/t15-/m0/s1. The van der Waals surface area contributed by atoms with E-state index < -0.39 is 41.4 Å². The molecule has 1 saturated heterocycles. The van der Waals surface area contributed by atoms with Gasteiger partial charge in [0.1, 0.15) is 0 Å². The molecule has 160 valence electrons. The van der Waals surface area contributed by atoms with Gasteiger partial charge in [-0.25, -0.2) is 15.1 Å². The van der Waals surface area contributed by atoms with E-state index in [9.17, 15) is 32.3 Å². The second-order valence-corrected chi connectivity index (χ2v) is 6.58. The van der Waals surface area contributed by atoms with Crippen LogP contribution in [-0.4, -0.2) is 30.0 Å². The van der Waals surface area contributed by atoms with Crippen LogP contribution in [0.1, 0.15) is 21.5 Å². The second-order valence-electron chi connectivity index (χ2n) is 6.58. The van der Waals surface area contributed by atoms with Crippen molar-refractivity contribution in [2.45, 2.75) is 13.1 Å². The minimum atomic E-state index is -4.69. The number of nitrogens with one attached hydrogen (secondary N) is 2. The Bertz CT molecular complexity index is 1080. The molecule has 5 amide bonds. The molecule has 3 rings (SSSR count). The molecule has 1 aliphatic heterocycles. The summed E-state index contributed by atoms with van der Waals surface area (Å²) in [4.78, 5) is 49.2. The van der Waals surface area contributed by atoms with Crippen molar-refractivity contribution in [2.75, 3.05) is 4.90 Å². The lowest BCUT2D eigenvalue weighted by Gasteiger charge is -2.28. The number of rotatable bonds is 4. The molecule has 8 nitrogen and oxygen atoms in total. The summed E-state index contributed by atoms with van der Waals surface area (Å²) >= 11 is 0. The molecule has 0 aromatic heterocycles. The van der Waals surface area contributed by atoms with Gasteiger partial charge in [-0.3, -0.25) is 19.7 Å². The first-order valence-electron chi connectivity index (χ1n) is 8.84. The van der Waals surface area contributed by atoms with Gasteiger partial charge in [-0.1, -0.05) is 23.8 Å². The van der Waals surface area contributed by atoms with E-state index in [1.807, 2.05) is 12.2 Å². The minimum Gasteiger partial charge on any atom is -0.276 e. The Labute approximate surface area is 173 Å². The van der Waals surface area contributed by atoms with Gasteiger partial charge in [-0.05, 0) is 37.3 Å². The molecule has 2 aromatic rings. The smallest absolute Gasteiger partial charge is 0.276 e. The lowest BCUT2D eigenvalue weighted by atomic mass is 10.1. The zero-order valence-corrected chi connectivity index (χ0v) is 15.9. The van der Waals surface area contributed by atoms with Gasteiger partial charge in [0.15, 0.2) is 5.92 Å². The number of alkyl halides is 3. The Morgan fingerprint density at radius 1 is 1.13 bits per heavy atom. The predicted molar refractivity (Wildman–Crippen MR) is 103 cm³/mol. The fourth-order valence-corrected chi connectivity index (χ4v) is 2.73. The van der Waals surface area contributed by atoms with Crippen LogP contribution in [-0.2, 0) is 15.8 Å². The van der Waals surface area contributed by atoms with E-state index in [1.165, 1.54) is 0 Å². The summed E-state index contributed by atoms with van der Waals surface area (Å²) in [5.41, 5.74) is 1.92. The average Bonchev–Trinajstić information content (AvgIpc) is 2.70. The van der Waals surface area contributed by atoms with Crippen molar-refractivity contribution in [2.24, 2.45) is 11.0 Å². The molecule has 0 saturated carbocycles. The highest BCUT2D eigenvalue weighted by atomic mass is 19.4. The van der Waals surface area contributed by atoms with Gasteiger partial charge in [-0.2, -0.15) is 18.3 Å². The number of aryl methyl sites for hydroxylation is 1. The highest BCUT2D eigenvalue weighted by molar-refractivity contribution is 6.32. The maximum atomic E-state index is 13.0. The Kier molecular flexibility index (Phi) is 5.86. The number of barbiturate groups is 1. The lowest BCUT2D eigenvalue weighted by Crippen LogP contribution is -2.58. The zero-order chi connectivity index (χ0) is 22.8. The number of hydrazone groups is 1. The lowest BCUT2D eigenvalue weighted by molar-refractivity contribution is -0.138. The summed E-state index contributed by atoms with van der Waals surface area (Å²) in [5.74, 6) is -4.37. The summed E-state index contributed by atoms with van der Waals surface area (Å²) < 4.78 is 38.9. The highest BCUT2D eigenvalue weighted by Gasteiger charge is 2.41. The van der Waals surface area contributed by atoms with Crippen LogP contribution in [0.2, 0.25) is 0 Å². The van der Waals surface area contributed by atoms with Crippen molar-refractivity contribution in [1.82, 2.24) is 10.7 Å². The molecular weight excluding hydrogens is 417 g/mol. The number of anilines is 1. The van der Waals surface area contributed by atoms with Crippen LogP contribution in [0.15, 0.2) is 53.6 Å². The number of halogens is 3. The van der Waals surface area contributed by atoms with Crippen LogP contribution < -0.4 is 15.6 Å². The summed E-state index contributed by atoms with van der Waals surface area (Å²) in [6.07, 6.45) is -3.89. The summed E-state index contributed by atoms with van der Waals surface area (Å²) in [6, 6.07) is 8.85. The first kappa shape index (κ1) is 21.7. The summed E-state index contributed by atoms with van der Waals surface area (Å²) in [6.45, 7) is 1.84. The summed E-state index contributed by atoms with van der Waals surface area (Å²) in [5, 5.41) is 5.47. The quantitative estimate of drug-likeness (QED) is 0.440. The molecule has 1 fully saturated rings. The maximum Gasteiger partial charge on any atom is 0.416 e. The summed E-state index contributed by atoms with van der Waals surface area (Å²) in [7, 11) is 0. The van der Waals surface area contributed by atoms with Gasteiger partial charge in [-0.15, -0.1) is 0 Å². The van der Waals surface area contributed by atoms with Crippen molar-refractivity contribution in [3.8, 4) is 0 Å². The van der Waals surface area contributed by atoms with Crippen molar-refractivity contribution >= 4 is 35.7 Å². The van der Waals surface area contributed by atoms with Crippen LogP contribution in [0.25, 0.3) is 0 Å². The first-order valence-corrected chi connectivity index (χ1v) is 8.84. The van der Waals surface area contributed by atoms with E-state index in [0.29, 0.717) is 11.0 Å². The highest BCUT2D eigenvalue weighted by Crippen LogP contribution is 2.32. The number of imide groups is 2. The van der Waals surface area contributed by atoms with E-state index in [2.05, 4.69) is 10.5 Å². The third-order valence-corrected chi connectivity index (χ3v) is 4.34. The van der Waals surface area contributed by atoms with Gasteiger partial charge in [0, 0.05) is 11.8 Å². The topological polar surface area (TPSA) is 108 Å². The molecule has 1 heterocycles. The third-order valence-electron chi connectivity index (χ3n) is 4.34. The van der Waals surface area contributed by atoms with Crippen LogP contribution in [0.4, 0.5) is 23.7 Å². The molecule has 2 N–H and O–H groups in total. The van der Waals surface area contributed by atoms with E-state index >= 15 is 0 Å². The van der Waals surface area contributed by atoms with Crippen molar-refractivity contribution < 1.29 is 32.3 Å². The minimum absolute atomic E-state index is 0.281. The maximum absolute atomic E-state index is 13.0. The Balaban J connectivity index is 1.79. The third kappa shape index (κ3) is 4.77. The Hall–Kier alpha value is -4.02. The number of hydrogen-bond acceptors (Lipinski definition) is 5. The molecule has 1 atom stereocenters. The largest absolute Gasteiger partial charge is 0.416 e. The number of benzene rings is 2. The Morgan fingerprint density at radius 3 is 2.45 bits per heavy atom. The number of carbonyl (C=O) groups excluding carboxylic acids is 4. The van der Waals surface area contributed by atoms with Crippen molar-refractivity contribution in [1.29, 1.82) is 0 Å². The van der Waals surface area contributed by atoms with Gasteiger partial charge in [0.25, 0.3) is 11.8 Å². The Morgan fingerprint density at radius 2 is 1.81 bits per heavy atom. The van der Waals surface area contributed by atoms with Gasteiger partial charge >= 0.3 is 12.2 Å². The van der Waals surface area contributed by atoms with E-state index in [0.717, 1.165) is 30.0 Å². The number of carbonyl (C=O) groups is 4. The van der Waals surface area contributed by atoms with Crippen molar-refractivity contribution in [3.05, 3.63) is 65.2 Å². The molecule has 0 aliphatic carbocycles. The SMILES string of the molecule is Cc1ccc(C(=O)N/N=C\[C@H]2C(=O)NC(=O)N(c3cccc(C(F)(F)F)c3)C2=O)cc1. The van der Waals surface area contributed by atoms with Crippen LogP contribution in [0.5, 0.6) is 0 Å². The van der Waals surface area contributed by atoms with E-state index in [4.69, 9.17) is 0 Å². The van der Waals surface area contributed by atoms with Crippen LogP contribution in [0.3, 0.4) is 0 Å². The number of amides is 5. The van der Waals surface area contributed by atoms with Gasteiger partial charge in [0.05, 0.1) is 11.3 Å². The average molecular weight is 432 g/mol. The molecule has 0 radical (unpaired) electrons. The molecule has 1 aliphatic rings. The monoisotopic (exact) mass is 432 g/mol. The molecular formula is C20H15F3N4O4. The molecule has 11 heteroatoms. The van der Waals surface area contributed by atoms with E-state index in [1.54, 1.807) is 24.3 Å². The van der Waals surface area contributed by atoms with E-state index in [-0.39, 0.29) is 11.3 Å². The number of urea groups is 1. The van der Waals surface area contributed by atoms with Crippen molar-refractivity contribution in [3.63, 3.8) is 0 Å². The van der Waals surface area contributed by atoms with Crippen LogP contribution in [0, 0.1) is 12.8 Å². The zero-order valence-electron chi connectivity index (χ0n) is 15.9. The molecule has 0 unspecified atom stereocenters. The van der Waals surface area contributed by atoms with Crippen LogP contribution >= 0.6 is 0 Å². The number of nitrogens with zero attached hydrogens (tertiary/aromatic N) is 2. The van der Waals surface area contributed by atoms with Gasteiger partial charge < -0.3 is 0 Å².